The summed E-state index contributed by atoms with van der Waals surface area (Å²) in [6, 6.07) is 10.8. The van der Waals surface area contributed by atoms with Gasteiger partial charge in [-0.1, -0.05) is 12.1 Å². The topological polar surface area (TPSA) is 21.3 Å². The Balaban J connectivity index is 2.28. The van der Waals surface area contributed by atoms with Crippen molar-refractivity contribution in [1.82, 2.24) is 5.32 Å². The molecule has 0 saturated heterocycles. The summed E-state index contributed by atoms with van der Waals surface area (Å²) in [4.78, 5) is 0. The van der Waals surface area contributed by atoms with Gasteiger partial charge in [-0.3, -0.25) is 0 Å². The summed E-state index contributed by atoms with van der Waals surface area (Å²) in [6.45, 7) is 3.97. The first-order valence-corrected chi connectivity index (χ1v) is 7.21. The van der Waals surface area contributed by atoms with Crippen LogP contribution in [0.15, 0.2) is 40.9 Å². The van der Waals surface area contributed by atoms with Crippen LogP contribution in [0.3, 0.4) is 0 Å². The highest BCUT2D eigenvalue weighted by Gasteiger charge is 2.10. The van der Waals surface area contributed by atoms with E-state index in [1.54, 1.807) is 12.1 Å². The van der Waals surface area contributed by atoms with Gasteiger partial charge in [-0.15, -0.1) is 0 Å². The van der Waals surface area contributed by atoms with Crippen molar-refractivity contribution in [3.05, 3.63) is 57.8 Å². The lowest BCUT2D eigenvalue weighted by molar-refractivity contribution is 0.439. The van der Waals surface area contributed by atoms with Gasteiger partial charge in [-0.25, -0.2) is 4.39 Å². The lowest BCUT2D eigenvalue weighted by Gasteiger charge is -2.14. The molecule has 0 bridgehead atoms. The molecule has 4 heteroatoms. The van der Waals surface area contributed by atoms with Gasteiger partial charge in [0.15, 0.2) is 11.6 Å². The molecule has 0 heterocycles. The van der Waals surface area contributed by atoms with Crippen LogP contribution < -0.4 is 10.1 Å². The van der Waals surface area contributed by atoms with Gasteiger partial charge in [0, 0.05) is 6.04 Å². The lowest BCUT2D eigenvalue weighted by atomic mass is 10.1. The van der Waals surface area contributed by atoms with E-state index in [1.165, 1.54) is 6.07 Å². The molecular formula is C16H17BrFNO. The Hall–Kier alpha value is -1.39. The third kappa shape index (κ3) is 3.38. The molecule has 1 N–H and O–H groups in total. The Morgan fingerprint density at radius 3 is 2.55 bits per heavy atom. The lowest BCUT2D eigenvalue weighted by Crippen LogP contribution is -2.12. The first kappa shape index (κ1) is 15.0. The second kappa shape index (κ2) is 6.37. The Morgan fingerprint density at radius 2 is 1.90 bits per heavy atom. The number of aryl methyl sites for hydroxylation is 1. The zero-order chi connectivity index (χ0) is 14.7. The summed E-state index contributed by atoms with van der Waals surface area (Å²) in [5.41, 5.74) is 2.09. The summed E-state index contributed by atoms with van der Waals surface area (Å²) >= 11 is 3.47. The molecule has 0 aliphatic carbocycles. The molecule has 2 aromatic rings. The van der Waals surface area contributed by atoms with Crippen molar-refractivity contribution in [3.63, 3.8) is 0 Å². The number of rotatable bonds is 4. The first-order chi connectivity index (χ1) is 9.51. The third-order valence-corrected chi connectivity index (χ3v) is 3.82. The van der Waals surface area contributed by atoms with Gasteiger partial charge in [0.05, 0.1) is 4.47 Å². The van der Waals surface area contributed by atoms with Crippen LogP contribution in [0.25, 0.3) is 0 Å². The number of hydrogen-bond acceptors (Lipinski definition) is 2. The van der Waals surface area contributed by atoms with Gasteiger partial charge < -0.3 is 10.1 Å². The van der Waals surface area contributed by atoms with E-state index in [0.717, 1.165) is 15.6 Å². The van der Waals surface area contributed by atoms with Crippen molar-refractivity contribution in [2.75, 3.05) is 7.05 Å². The van der Waals surface area contributed by atoms with Gasteiger partial charge in [-0.05, 0) is 72.2 Å². The standard InChI is InChI=1S/C16H17BrFNO/c1-10-4-6-14(18)16(8-10)20-15-7-5-12(9-13(15)17)11(2)19-3/h4-9,11,19H,1-3H3. The molecule has 0 fully saturated rings. The minimum absolute atomic E-state index is 0.236. The molecule has 0 aromatic heterocycles. The van der Waals surface area contributed by atoms with Crippen molar-refractivity contribution in [1.29, 1.82) is 0 Å². The fraction of sp³-hybridized carbons (Fsp3) is 0.250. The molecule has 2 aromatic carbocycles. The van der Waals surface area contributed by atoms with E-state index in [4.69, 9.17) is 4.74 Å². The second-order valence-corrected chi connectivity index (χ2v) is 5.59. The molecule has 2 rings (SSSR count). The number of hydrogen-bond donors (Lipinski definition) is 1. The van der Waals surface area contributed by atoms with E-state index < -0.39 is 0 Å². The van der Waals surface area contributed by atoms with Gasteiger partial charge in [0.25, 0.3) is 0 Å². The maximum absolute atomic E-state index is 13.7. The third-order valence-electron chi connectivity index (χ3n) is 3.20. The fourth-order valence-corrected chi connectivity index (χ4v) is 2.32. The van der Waals surface area contributed by atoms with Gasteiger partial charge in [0.1, 0.15) is 5.75 Å². The van der Waals surface area contributed by atoms with E-state index in [-0.39, 0.29) is 17.6 Å². The Kier molecular flexibility index (Phi) is 4.78. The van der Waals surface area contributed by atoms with Crippen molar-refractivity contribution in [3.8, 4) is 11.5 Å². The molecule has 1 atom stereocenters. The van der Waals surface area contributed by atoms with Crippen LogP contribution in [-0.4, -0.2) is 7.05 Å². The van der Waals surface area contributed by atoms with Crippen LogP contribution in [0.1, 0.15) is 24.1 Å². The van der Waals surface area contributed by atoms with Gasteiger partial charge in [0.2, 0.25) is 0 Å². The van der Waals surface area contributed by atoms with E-state index in [1.807, 2.05) is 32.2 Å². The Bertz CT molecular complexity index is 615. The number of nitrogens with one attached hydrogen (secondary N) is 1. The van der Waals surface area contributed by atoms with Crippen molar-refractivity contribution < 1.29 is 9.13 Å². The average molecular weight is 338 g/mol. The highest BCUT2D eigenvalue weighted by molar-refractivity contribution is 9.10. The Morgan fingerprint density at radius 1 is 1.15 bits per heavy atom. The average Bonchev–Trinajstić information content (AvgIpc) is 2.44. The molecule has 20 heavy (non-hydrogen) atoms. The van der Waals surface area contributed by atoms with Crippen LogP contribution in [0, 0.1) is 12.7 Å². The minimum atomic E-state index is -0.366. The molecule has 0 aliphatic rings. The number of ether oxygens (including phenoxy) is 1. The molecule has 0 saturated carbocycles. The number of halogens is 2. The molecule has 0 radical (unpaired) electrons. The van der Waals surface area contributed by atoms with E-state index in [9.17, 15) is 4.39 Å². The molecule has 0 spiro atoms. The Labute approximate surface area is 127 Å². The smallest absolute Gasteiger partial charge is 0.165 e. The number of benzene rings is 2. The molecule has 106 valence electrons. The van der Waals surface area contributed by atoms with Crippen molar-refractivity contribution in [2.45, 2.75) is 19.9 Å². The first-order valence-electron chi connectivity index (χ1n) is 6.42. The summed E-state index contributed by atoms with van der Waals surface area (Å²) in [5.74, 6) is 0.469. The van der Waals surface area contributed by atoms with Crippen LogP contribution in [-0.2, 0) is 0 Å². The zero-order valence-corrected chi connectivity index (χ0v) is 13.3. The van der Waals surface area contributed by atoms with Crippen LogP contribution >= 0.6 is 15.9 Å². The van der Waals surface area contributed by atoms with Crippen LogP contribution in [0.4, 0.5) is 4.39 Å². The van der Waals surface area contributed by atoms with Crippen molar-refractivity contribution in [2.24, 2.45) is 0 Å². The summed E-state index contributed by atoms with van der Waals surface area (Å²) < 4.78 is 20.1. The summed E-state index contributed by atoms with van der Waals surface area (Å²) in [6.07, 6.45) is 0. The predicted octanol–water partition coefficient (Wildman–Crippen LogP) is 4.97. The minimum Gasteiger partial charge on any atom is -0.453 e. The molecule has 0 aliphatic heterocycles. The highest BCUT2D eigenvalue weighted by atomic mass is 79.9. The molecule has 2 nitrogen and oxygen atoms in total. The largest absolute Gasteiger partial charge is 0.453 e. The maximum Gasteiger partial charge on any atom is 0.165 e. The van der Waals surface area contributed by atoms with Crippen LogP contribution in [0.5, 0.6) is 11.5 Å². The fourth-order valence-electron chi connectivity index (χ4n) is 1.84. The second-order valence-electron chi connectivity index (χ2n) is 4.74. The molecule has 1 unspecified atom stereocenters. The predicted molar refractivity (Wildman–Crippen MR) is 82.8 cm³/mol. The van der Waals surface area contributed by atoms with E-state index in [2.05, 4.69) is 28.2 Å². The molecular weight excluding hydrogens is 321 g/mol. The zero-order valence-electron chi connectivity index (χ0n) is 11.7. The van der Waals surface area contributed by atoms with Crippen molar-refractivity contribution >= 4 is 15.9 Å². The highest BCUT2D eigenvalue weighted by Crippen LogP contribution is 2.33. The maximum atomic E-state index is 13.7. The summed E-state index contributed by atoms with van der Waals surface area (Å²) in [5, 5.41) is 3.17. The monoisotopic (exact) mass is 337 g/mol. The van der Waals surface area contributed by atoms with Crippen LogP contribution in [0.2, 0.25) is 0 Å². The van der Waals surface area contributed by atoms with E-state index in [0.29, 0.717) is 5.75 Å². The van der Waals surface area contributed by atoms with Gasteiger partial charge >= 0.3 is 0 Å². The normalized spacial score (nSPS) is 12.2. The SMILES string of the molecule is CNC(C)c1ccc(Oc2cc(C)ccc2F)c(Br)c1. The van der Waals surface area contributed by atoms with E-state index >= 15 is 0 Å². The quantitative estimate of drug-likeness (QED) is 0.850. The summed E-state index contributed by atoms with van der Waals surface area (Å²) in [7, 11) is 1.91. The molecule has 0 amide bonds. The van der Waals surface area contributed by atoms with Gasteiger partial charge in [-0.2, -0.15) is 0 Å².